The SMILES string of the molecule is COCOc1ccc2c(c1)C[C@@H](CCCCOCCOCCO)[C@@H]1C2CC[C@@]2(C)C1CC[C@@H]2OCOC. The van der Waals surface area contributed by atoms with E-state index in [1.807, 2.05) is 0 Å². The molecule has 3 aliphatic rings. The summed E-state index contributed by atoms with van der Waals surface area (Å²) < 4.78 is 33.5. The van der Waals surface area contributed by atoms with E-state index in [1.54, 1.807) is 19.8 Å². The number of rotatable bonds is 16. The zero-order valence-corrected chi connectivity index (χ0v) is 23.1. The molecule has 0 radical (unpaired) electrons. The average Bonchev–Trinajstić information content (AvgIpc) is 3.25. The van der Waals surface area contributed by atoms with E-state index >= 15 is 0 Å². The Balaban J connectivity index is 1.44. The van der Waals surface area contributed by atoms with Crippen LogP contribution in [-0.4, -0.2) is 72.1 Å². The minimum atomic E-state index is 0.0615. The average molecular weight is 521 g/mol. The molecule has 210 valence electrons. The fourth-order valence-electron chi connectivity index (χ4n) is 7.64. The second kappa shape index (κ2) is 14.2. The van der Waals surface area contributed by atoms with Crippen molar-refractivity contribution in [3.05, 3.63) is 29.3 Å². The van der Waals surface area contributed by atoms with Crippen LogP contribution in [0.5, 0.6) is 5.75 Å². The second-order valence-corrected chi connectivity index (χ2v) is 11.3. The predicted molar refractivity (Wildman–Crippen MR) is 142 cm³/mol. The molecule has 1 aromatic carbocycles. The van der Waals surface area contributed by atoms with Crippen LogP contribution in [0.1, 0.15) is 68.9 Å². The third kappa shape index (κ3) is 6.87. The van der Waals surface area contributed by atoms with Gasteiger partial charge < -0.3 is 33.5 Å². The van der Waals surface area contributed by atoms with Gasteiger partial charge in [0.25, 0.3) is 0 Å². The number of fused-ring (bicyclic) bond motifs is 5. The fourth-order valence-corrected chi connectivity index (χ4v) is 7.64. The highest BCUT2D eigenvalue weighted by Gasteiger charge is 2.57. The summed E-state index contributed by atoms with van der Waals surface area (Å²) in [7, 11) is 3.38. The standard InChI is InChI=1S/C30H48O7/c1-30-12-11-26-25-8-7-24(36-20-32-2)19-23(25)18-22(6-4-5-14-34-16-17-35-15-13-31)29(26)27(30)9-10-28(30)37-21-33-3/h7-8,19,22,26-29,31H,4-6,9-18,20-21H2,1-3H3/t22-,26?,27?,28+,29-,30+/m1/s1. The first-order chi connectivity index (χ1) is 18.1. The minimum Gasteiger partial charge on any atom is -0.468 e. The molecule has 0 amide bonds. The van der Waals surface area contributed by atoms with Crippen molar-refractivity contribution < 1.29 is 33.5 Å². The summed E-state index contributed by atoms with van der Waals surface area (Å²) in [6.07, 6.45) is 9.72. The van der Waals surface area contributed by atoms with E-state index in [0.29, 0.717) is 56.4 Å². The zero-order chi connectivity index (χ0) is 26.1. The van der Waals surface area contributed by atoms with E-state index in [4.69, 9.17) is 33.5 Å². The lowest BCUT2D eigenvalue weighted by atomic mass is 9.52. The van der Waals surface area contributed by atoms with Gasteiger partial charge >= 0.3 is 0 Å². The lowest BCUT2D eigenvalue weighted by Gasteiger charge is -2.53. The second-order valence-electron chi connectivity index (χ2n) is 11.3. The maximum Gasteiger partial charge on any atom is 0.188 e. The first kappa shape index (κ1) is 28.8. The van der Waals surface area contributed by atoms with Crippen molar-refractivity contribution in [1.82, 2.24) is 0 Å². The summed E-state index contributed by atoms with van der Waals surface area (Å²) in [5.41, 5.74) is 3.24. The van der Waals surface area contributed by atoms with Crippen LogP contribution in [0, 0.1) is 23.2 Å². The summed E-state index contributed by atoms with van der Waals surface area (Å²) in [6.45, 7) is 5.51. The Morgan fingerprint density at radius 2 is 1.76 bits per heavy atom. The first-order valence-corrected chi connectivity index (χ1v) is 14.2. The molecule has 2 unspecified atom stereocenters. The number of aliphatic hydroxyl groups is 1. The molecule has 2 fully saturated rings. The number of hydrogen-bond donors (Lipinski definition) is 1. The normalized spacial score (nSPS) is 30.5. The van der Waals surface area contributed by atoms with Crippen molar-refractivity contribution >= 4 is 0 Å². The van der Waals surface area contributed by atoms with E-state index in [0.717, 1.165) is 31.6 Å². The van der Waals surface area contributed by atoms with E-state index in [1.165, 1.54) is 37.7 Å². The van der Waals surface area contributed by atoms with Gasteiger partial charge in [0.05, 0.1) is 32.5 Å². The molecular formula is C30H48O7. The highest BCUT2D eigenvalue weighted by molar-refractivity contribution is 5.41. The number of unbranched alkanes of at least 4 members (excludes halogenated alkanes) is 1. The molecule has 1 N–H and O–H groups in total. The smallest absolute Gasteiger partial charge is 0.188 e. The molecule has 0 bridgehead atoms. The Hall–Kier alpha value is -1.22. The molecular weight excluding hydrogens is 472 g/mol. The Kier molecular flexibility index (Phi) is 11.1. The number of hydrogen-bond acceptors (Lipinski definition) is 7. The molecule has 7 heteroatoms. The Bertz CT molecular complexity index is 817. The fraction of sp³-hybridized carbons (Fsp3) is 0.800. The molecule has 0 saturated heterocycles. The summed E-state index contributed by atoms with van der Waals surface area (Å²) in [6, 6.07) is 6.72. The molecule has 0 aromatic heterocycles. The topological polar surface area (TPSA) is 75.6 Å². The zero-order valence-electron chi connectivity index (χ0n) is 23.1. The van der Waals surface area contributed by atoms with Gasteiger partial charge in [-0.15, -0.1) is 0 Å². The first-order valence-electron chi connectivity index (χ1n) is 14.2. The van der Waals surface area contributed by atoms with Gasteiger partial charge in [0, 0.05) is 20.8 Å². The van der Waals surface area contributed by atoms with Crippen molar-refractivity contribution in [3.63, 3.8) is 0 Å². The van der Waals surface area contributed by atoms with Crippen LogP contribution in [0.2, 0.25) is 0 Å². The summed E-state index contributed by atoms with van der Waals surface area (Å²) >= 11 is 0. The van der Waals surface area contributed by atoms with Crippen LogP contribution in [0.4, 0.5) is 0 Å². The maximum atomic E-state index is 8.79. The molecule has 0 spiro atoms. The van der Waals surface area contributed by atoms with E-state index in [9.17, 15) is 0 Å². The number of ether oxygens (including phenoxy) is 6. The van der Waals surface area contributed by atoms with Crippen molar-refractivity contribution in [2.24, 2.45) is 23.2 Å². The number of benzene rings is 1. The van der Waals surface area contributed by atoms with Crippen LogP contribution in [0.25, 0.3) is 0 Å². The molecule has 7 nitrogen and oxygen atoms in total. The van der Waals surface area contributed by atoms with Gasteiger partial charge in [-0.1, -0.05) is 19.4 Å². The van der Waals surface area contributed by atoms with Crippen LogP contribution in [0.15, 0.2) is 18.2 Å². The lowest BCUT2D eigenvalue weighted by Crippen LogP contribution is -2.47. The minimum absolute atomic E-state index is 0.0615. The highest BCUT2D eigenvalue weighted by Crippen LogP contribution is 2.63. The number of methoxy groups -OCH3 is 2. The third-order valence-electron chi connectivity index (χ3n) is 9.24. The van der Waals surface area contributed by atoms with Crippen LogP contribution in [0.3, 0.4) is 0 Å². The lowest BCUT2D eigenvalue weighted by molar-refractivity contribution is -0.128. The van der Waals surface area contributed by atoms with E-state index in [2.05, 4.69) is 25.1 Å². The van der Waals surface area contributed by atoms with Crippen molar-refractivity contribution in [2.75, 3.05) is 60.8 Å². The van der Waals surface area contributed by atoms with Gasteiger partial charge in [-0.3, -0.25) is 0 Å². The quantitative estimate of drug-likeness (QED) is 0.245. The Morgan fingerprint density at radius 1 is 0.946 bits per heavy atom. The third-order valence-corrected chi connectivity index (χ3v) is 9.24. The maximum absolute atomic E-state index is 8.79. The molecule has 0 aliphatic heterocycles. The van der Waals surface area contributed by atoms with E-state index < -0.39 is 0 Å². The molecule has 3 aliphatic carbocycles. The molecule has 6 atom stereocenters. The molecule has 37 heavy (non-hydrogen) atoms. The Labute approximate surface area is 223 Å². The van der Waals surface area contributed by atoms with Gasteiger partial charge in [0.2, 0.25) is 0 Å². The van der Waals surface area contributed by atoms with Crippen LogP contribution in [-0.2, 0) is 30.1 Å². The van der Waals surface area contributed by atoms with Gasteiger partial charge in [-0.05, 0) is 97.3 Å². The molecule has 4 rings (SSSR count). The summed E-state index contributed by atoms with van der Waals surface area (Å²) in [4.78, 5) is 0. The van der Waals surface area contributed by atoms with Crippen LogP contribution < -0.4 is 4.74 Å². The largest absolute Gasteiger partial charge is 0.468 e. The van der Waals surface area contributed by atoms with Gasteiger partial charge in [-0.25, -0.2) is 0 Å². The Morgan fingerprint density at radius 3 is 2.54 bits per heavy atom. The molecule has 1 aromatic rings. The van der Waals surface area contributed by atoms with E-state index in [-0.39, 0.29) is 18.8 Å². The molecule has 2 saturated carbocycles. The molecule has 0 heterocycles. The number of aliphatic hydroxyl groups excluding tert-OH is 1. The van der Waals surface area contributed by atoms with Crippen molar-refractivity contribution in [1.29, 1.82) is 0 Å². The van der Waals surface area contributed by atoms with Gasteiger partial charge in [0.1, 0.15) is 12.5 Å². The van der Waals surface area contributed by atoms with Crippen molar-refractivity contribution in [3.8, 4) is 5.75 Å². The monoisotopic (exact) mass is 520 g/mol. The summed E-state index contributed by atoms with van der Waals surface area (Å²) in [5, 5.41) is 8.79. The summed E-state index contributed by atoms with van der Waals surface area (Å²) in [5.74, 6) is 3.57. The van der Waals surface area contributed by atoms with Crippen molar-refractivity contribution in [2.45, 2.75) is 70.3 Å². The van der Waals surface area contributed by atoms with Crippen LogP contribution >= 0.6 is 0 Å². The van der Waals surface area contributed by atoms with Gasteiger partial charge in [0.15, 0.2) is 6.79 Å². The predicted octanol–water partition coefficient (Wildman–Crippen LogP) is 4.94. The van der Waals surface area contributed by atoms with Gasteiger partial charge in [-0.2, -0.15) is 0 Å². The highest BCUT2D eigenvalue weighted by atomic mass is 16.7.